The Labute approximate surface area is 155 Å². The fourth-order valence-corrected chi connectivity index (χ4v) is 3.12. The minimum Gasteiger partial charge on any atom is -0.394 e. The number of fused-ring (bicyclic) bond motifs is 1. The zero-order valence-electron chi connectivity index (χ0n) is 14.7. The first kappa shape index (κ1) is 17.0. The molecule has 4 aromatic rings. The molecule has 1 aromatic carbocycles. The smallest absolute Gasteiger partial charge is 0.268 e. The average Bonchev–Trinajstić information content (AvgIpc) is 3.35. The van der Waals surface area contributed by atoms with E-state index in [1.54, 1.807) is 18.5 Å². The van der Waals surface area contributed by atoms with Crippen LogP contribution in [0.5, 0.6) is 0 Å². The summed E-state index contributed by atoms with van der Waals surface area (Å²) >= 11 is 0. The third kappa shape index (κ3) is 3.32. The van der Waals surface area contributed by atoms with Crippen molar-refractivity contribution in [2.24, 2.45) is 0 Å². The second kappa shape index (κ2) is 7.05. The largest absolute Gasteiger partial charge is 0.394 e. The Morgan fingerprint density at radius 3 is 2.93 bits per heavy atom. The van der Waals surface area contributed by atoms with Gasteiger partial charge in [0.1, 0.15) is 17.7 Å². The molecule has 0 saturated carbocycles. The summed E-state index contributed by atoms with van der Waals surface area (Å²) in [5.74, 6) is -0.291. The standard InChI is InChI=1S/C20H19N5O2/c1-12-3-2-4-13(7-12)17(10-26)25-20(27)16-8-14(9-22-16)18-15-5-6-21-19(15)24-11-23-18/h2-9,11,17,22,26H,10H2,1H3,(H,25,27)(H,21,23,24)/t17-/m0/s1. The number of H-pyrrole nitrogens is 2. The van der Waals surface area contributed by atoms with E-state index in [0.29, 0.717) is 5.69 Å². The Morgan fingerprint density at radius 2 is 2.11 bits per heavy atom. The van der Waals surface area contributed by atoms with Crippen LogP contribution in [0, 0.1) is 6.92 Å². The Bertz CT molecular complexity index is 1100. The summed E-state index contributed by atoms with van der Waals surface area (Å²) in [6, 6.07) is 10.9. The number of amides is 1. The minimum atomic E-state index is -0.473. The lowest BCUT2D eigenvalue weighted by Gasteiger charge is -2.16. The first-order valence-electron chi connectivity index (χ1n) is 8.61. The van der Waals surface area contributed by atoms with Gasteiger partial charge in [0, 0.05) is 23.3 Å². The SMILES string of the molecule is Cc1cccc([C@H](CO)NC(=O)c2cc(-c3ncnc4[nH]ccc34)c[nH]2)c1. The first-order valence-corrected chi connectivity index (χ1v) is 8.61. The predicted octanol–water partition coefficient (Wildman–Crippen LogP) is 2.72. The van der Waals surface area contributed by atoms with Crippen LogP contribution in [0.3, 0.4) is 0 Å². The van der Waals surface area contributed by atoms with Gasteiger partial charge in [-0.15, -0.1) is 0 Å². The lowest BCUT2D eigenvalue weighted by Crippen LogP contribution is -2.31. The molecule has 0 aliphatic heterocycles. The number of carbonyl (C=O) groups is 1. The van der Waals surface area contributed by atoms with Gasteiger partial charge >= 0.3 is 0 Å². The highest BCUT2D eigenvalue weighted by Gasteiger charge is 2.17. The monoisotopic (exact) mass is 361 g/mol. The molecule has 3 aromatic heterocycles. The van der Waals surface area contributed by atoms with Gasteiger partial charge in [-0.2, -0.15) is 0 Å². The van der Waals surface area contributed by atoms with Crippen molar-refractivity contribution in [1.29, 1.82) is 0 Å². The second-order valence-electron chi connectivity index (χ2n) is 6.39. The van der Waals surface area contributed by atoms with Crippen molar-refractivity contribution in [3.05, 3.63) is 71.9 Å². The number of hydrogen-bond acceptors (Lipinski definition) is 4. The minimum absolute atomic E-state index is 0.182. The average molecular weight is 361 g/mol. The van der Waals surface area contributed by atoms with Crippen LogP contribution in [0.1, 0.15) is 27.7 Å². The van der Waals surface area contributed by atoms with Crippen LogP contribution in [0.2, 0.25) is 0 Å². The molecule has 0 radical (unpaired) electrons. The molecule has 0 saturated heterocycles. The van der Waals surface area contributed by atoms with Crippen molar-refractivity contribution in [3.8, 4) is 11.3 Å². The molecule has 0 bridgehead atoms. The molecule has 3 heterocycles. The van der Waals surface area contributed by atoms with E-state index >= 15 is 0 Å². The maximum absolute atomic E-state index is 12.6. The zero-order chi connectivity index (χ0) is 18.8. The molecule has 136 valence electrons. The highest BCUT2D eigenvalue weighted by atomic mass is 16.3. The molecule has 7 heteroatoms. The number of nitrogens with one attached hydrogen (secondary N) is 3. The summed E-state index contributed by atoms with van der Waals surface area (Å²) < 4.78 is 0. The highest BCUT2D eigenvalue weighted by Crippen LogP contribution is 2.25. The van der Waals surface area contributed by atoms with Gasteiger partial charge in [-0.25, -0.2) is 9.97 Å². The molecular formula is C20H19N5O2. The van der Waals surface area contributed by atoms with Crippen molar-refractivity contribution < 1.29 is 9.90 Å². The zero-order valence-corrected chi connectivity index (χ0v) is 14.7. The third-order valence-electron chi connectivity index (χ3n) is 4.49. The van der Waals surface area contributed by atoms with Gasteiger partial charge in [0.15, 0.2) is 0 Å². The molecule has 1 amide bonds. The Kier molecular flexibility index (Phi) is 4.43. The number of carbonyl (C=O) groups excluding carboxylic acids is 1. The Hall–Kier alpha value is -3.45. The van der Waals surface area contributed by atoms with Crippen molar-refractivity contribution in [1.82, 2.24) is 25.3 Å². The molecule has 27 heavy (non-hydrogen) atoms. The topological polar surface area (TPSA) is 107 Å². The van der Waals surface area contributed by atoms with Crippen LogP contribution in [-0.4, -0.2) is 37.6 Å². The van der Waals surface area contributed by atoms with E-state index in [1.807, 2.05) is 37.3 Å². The van der Waals surface area contributed by atoms with Gasteiger partial charge in [0.25, 0.3) is 5.91 Å². The van der Waals surface area contributed by atoms with Crippen LogP contribution >= 0.6 is 0 Å². The molecule has 1 atom stereocenters. The maximum atomic E-state index is 12.6. The fraction of sp³-hybridized carbons (Fsp3) is 0.150. The number of hydrogen-bond donors (Lipinski definition) is 4. The second-order valence-corrected chi connectivity index (χ2v) is 6.39. The molecule has 4 rings (SSSR count). The molecule has 0 aliphatic rings. The van der Waals surface area contributed by atoms with Crippen LogP contribution in [0.25, 0.3) is 22.3 Å². The van der Waals surface area contributed by atoms with Gasteiger partial charge < -0.3 is 20.4 Å². The number of rotatable bonds is 5. The number of nitrogens with zero attached hydrogens (tertiary/aromatic N) is 2. The van der Waals surface area contributed by atoms with Gasteiger partial charge in [-0.3, -0.25) is 4.79 Å². The van der Waals surface area contributed by atoms with E-state index in [9.17, 15) is 9.90 Å². The number of aromatic amines is 2. The van der Waals surface area contributed by atoms with Crippen LogP contribution in [-0.2, 0) is 0 Å². The summed E-state index contributed by atoms with van der Waals surface area (Å²) in [4.78, 5) is 27.2. The Morgan fingerprint density at radius 1 is 1.22 bits per heavy atom. The lowest BCUT2D eigenvalue weighted by atomic mass is 10.0. The van der Waals surface area contributed by atoms with Gasteiger partial charge in [-0.1, -0.05) is 29.8 Å². The molecule has 0 aliphatic carbocycles. The molecule has 7 nitrogen and oxygen atoms in total. The molecule has 4 N–H and O–H groups in total. The number of aliphatic hydroxyl groups excluding tert-OH is 1. The van der Waals surface area contributed by atoms with E-state index in [-0.39, 0.29) is 12.5 Å². The predicted molar refractivity (Wildman–Crippen MR) is 102 cm³/mol. The number of aliphatic hydroxyl groups is 1. The third-order valence-corrected chi connectivity index (χ3v) is 4.49. The van der Waals surface area contributed by atoms with Crippen molar-refractivity contribution >= 4 is 16.9 Å². The maximum Gasteiger partial charge on any atom is 0.268 e. The highest BCUT2D eigenvalue weighted by molar-refractivity contribution is 5.96. The van der Waals surface area contributed by atoms with Crippen molar-refractivity contribution in [3.63, 3.8) is 0 Å². The van der Waals surface area contributed by atoms with Crippen LogP contribution < -0.4 is 5.32 Å². The normalized spacial score (nSPS) is 12.2. The Balaban J connectivity index is 1.57. The van der Waals surface area contributed by atoms with E-state index in [1.165, 1.54) is 6.33 Å². The summed E-state index contributed by atoms with van der Waals surface area (Å²) in [6.07, 6.45) is 5.03. The van der Waals surface area contributed by atoms with Crippen LogP contribution in [0.4, 0.5) is 0 Å². The quantitative estimate of drug-likeness (QED) is 0.438. The summed E-state index contributed by atoms with van der Waals surface area (Å²) in [6.45, 7) is 1.79. The van der Waals surface area contributed by atoms with Crippen molar-refractivity contribution in [2.45, 2.75) is 13.0 Å². The molecular weight excluding hydrogens is 342 g/mol. The molecule has 0 fully saturated rings. The summed E-state index contributed by atoms with van der Waals surface area (Å²) in [5.41, 5.74) is 4.62. The number of aryl methyl sites for hydroxylation is 1. The first-order chi connectivity index (χ1) is 13.2. The van der Waals surface area contributed by atoms with Gasteiger partial charge in [-0.05, 0) is 24.6 Å². The van der Waals surface area contributed by atoms with E-state index in [4.69, 9.17) is 0 Å². The molecule has 0 spiro atoms. The summed E-state index contributed by atoms with van der Waals surface area (Å²) in [5, 5.41) is 13.4. The number of aromatic nitrogens is 4. The summed E-state index contributed by atoms with van der Waals surface area (Å²) in [7, 11) is 0. The fourth-order valence-electron chi connectivity index (χ4n) is 3.12. The number of benzene rings is 1. The van der Waals surface area contributed by atoms with E-state index in [0.717, 1.165) is 33.4 Å². The van der Waals surface area contributed by atoms with Crippen LogP contribution in [0.15, 0.2) is 55.1 Å². The van der Waals surface area contributed by atoms with Gasteiger partial charge in [0.2, 0.25) is 0 Å². The lowest BCUT2D eigenvalue weighted by molar-refractivity contribution is 0.0911. The van der Waals surface area contributed by atoms with E-state index in [2.05, 4.69) is 25.3 Å². The van der Waals surface area contributed by atoms with E-state index < -0.39 is 6.04 Å². The molecule has 0 unspecified atom stereocenters. The van der Waals surface area contributed by atoms with Crippen molar-refractivity contribution in [2.75, 3.05) is 6.61 Å². The van der Waals surface area contributed by atoms with Gasteiger partial charge in [0.05, 0.1) is 18.3 Å².